The van der Waals surface area contributed by atoms with Crippen LogP contribution in [0.3, 0.4) is 0 Å². The summed E-state index contributed by atoms with van der Waals surface area (Å²) in [5.74, 6) is 1.36. The van der Waals surface area contributed by atoms with Crippen molar-refractivity contribution < 1.29 is 9.47 Å². The van der Waals surface area contributed by atoms with Gasteiger partial charge in [0.2, 0.25) is 0 Å². The summed E-state index contributed by atoms with van der Waals surface area (Å²) in [6, 6.07) is 19.4. The molecule has 0 saturated carbocycles. The molecule has 7 heteroatoms. The van der Waals surface area contributed by atoms with Crippen molar-refractivity contribution >= 4 is 22.5 Å². The highest BCUT2D eigenvalue weighted by atomic mass is 35.5. The molecule has 156 valence electrons. The Bertz CT molecular complexity index is 1390. The molecular formula is C24H19ClN2O4. The van der Waals surface area contributed by atoms with Gasteiger partial charge in [-0.2, -0.15) is 0 Å². The summed E-state index contributed by atoms with van der Waals surface area (Å²) in [6.07, 6.45) is 0.820. The maximum Gasteiger partial charge on any atom is 0.336 e. The Kier molecular flexibility index (Phi) is 5.00. The van der Waals surface area contributed by atoms with Crippen LogP contribution in [0.15, 0.2) is 76.3 Å². The van der Waals surface area contributed by atoms with Crippen molar-refractivity contribution in [2.24, 2.45) is 0 Å². The summed E-state index contributed by atoms with van der Waals surface area (Å²) in [5, 5.41) is 0.997. The van der Waals surface area contributed by atoms with Gasteiger partial charge in [0.25, 0.3) is 5.56 Å². The second-order valence-corrected chi connectivity index (χ2v) is 7.77. The molecule has 0 spiro atoms. The topological polar surface area (TPSA) is 62.5 Å². The van der Waals surface area contributed by atoms with E-state index < -0.39 is 5.69 Å². The summed E-state index contributed by atoms with van der Waals surface area (Å²) in [7, 11) is 0. The molecule has 0 bridgehead atoms. The fourth-order valence-corrected chi connectivity index (χ4v) is 3.91. The molecule has 2 heterocycles. The van der Waals surface area contributed by atoms with Crippen LogP contribution in [0, 0.1) is 0 Å². The highest BCUT2D eigenvalue weighted by molar-refractivity contribution is 6.30. The molecule has 3 aromatic carbocycles. The molecule has 0 amide bonds. The first-order valence-corrected chi connectivity index (χ1v) is 10.4. The molecule has 0 unspecified atom stereocenters. The van der Waals surface area contributed by atoms with Gasteiger partial charge < -0.3 is 9.47 Å². The second kappa shape index (κ2) is 7.96. The number of nitrogens with zero attached hydrogens (tertiary/aromatic N) is 2. The largest absolute Gasteiger partial charge is 0.490 e. The van der Waals surface area contributed by atoms with Crippen molar-refractivity contribution in [2.75, 3.05) is 13.2 Å². The molecule has 5 rings (SSSR count). The van der Waals surface area contributed by atoms with Gasteiger partial charge in [0.05, 0.1) is 36.3 Å². The number of halogens is 1. The first kappa shape index (κ1) is 19.5. The van der Waals surface area contributed by atoms with Crippen molar-refractivity contribution in [3.63, 3.8) is 0 Å². The lowest BCUT2D eigenvalue weighted by Gasteiger charge is -2.15. The van der Waals surface area contributed by atoms with E-state index >= 15 is 0 Å². The number of hydrogen-bond donors (Lipinski definition) is 0. The lowest BCUT2D eigenvalue weighted by atomic mass is 10.1. The van der Waals surface area contributed by atoms with Gasteiger partial charge in [-0.3, -0.25) is 9.36 Å². The monoisotopic (exact) mass is 434 g/mol. The SMILES string of the molecule is O=c1c2ccccc2n(Cc2ccc3c(c2)OCCCO3)c(=O)n1-c1ccc(Cl)cc1. The van der Waals surface area contributed by atoms with E-state index in [1.165, 1.54) is 4.57 Å². The number of fused-ring (bicyclic) bond motifs is 2. The standard InChI is InChI=1S/C24H19ClN2O4/c25-17-7-9-18(10-8-17)27-23(28)19-4-1-2-5-20(19)26(24(27)29)15-16-6-11-21-22(14-16)31-13-3-12-30-21/h1-2,4-11,14H,3,12-13,15H2. The Labute approximate surface area is 182 Å². The van der Waals surface area contributed by atoms with Crippen LogP contribution in [0.4, 0.5) is 0 Å². The van der Waals surface area contributed by atoms with Crippen LogP contribution in [-0.2, 0) is 6.54 Å². The van der Waals surface area contributed by atoms with Crippen molar-refractivity contribution in [1.29, 1.82) is 0 Å². The van der Waals surface area contributed by atoms with Crippen molar-refractivity contribution in [3.05, 3.63) is 98.2 Å². The van der Waals surface area contributed by atoms with E-state index in [-0.39, 0.29) is 12.1 Å². The van der Waals surface area contributed by atoms with Crippen LogP contribution in [-0.4, -0.2) is 22.3 Å². The molecule has 0 fully saturated rings. The zero-order chi connectivity index (χ0) is 21.4. The van der Waals surface area contributed by atoms with E-state index in [1.807, 2.05) is 24.3 Å². The predicted octanol–water partition coefficient (Wildman–Crippen LogP) is 4.02. The molecule has 4 aromatic rings. The Morgan fingerprint density at radius 3 is 2.42 bits per heavy atom. The summed E-state index contributed by atoms with van der Waals surface area (Å²) in [6.45, 7) is 1.48. The summed E-state index contributed by atoms with van der Waals surface area (Å²) in [5.41, 5.74) is 1.14. The molecule has 0 radical (unpaired) electrons. The van der Waals surface area contributed by atoms with Gasteiger partial charge in [-0.15, -0.1) is 0 Å². The number of hydrogen-bond acceptors (Lipinski definition) is 4. The van der Waals surface area contributed by atoms with Crippen molar-refractivity contribution in [3.8, 4) is 17.2 Å². The van der Waals surface area contributed by atoms with Gasteiger partial charge in [0, 0.05) is 11.4 Å². The van der Waals surface area contributed by atoms with E-state index in [0.717, 1.165) is 12.0 Å². The molecule has 0 aliphatic carbocycles. The molecule has 0 atom stereocenters. The third-order valence-corrected chi connectivity index (χ3v) is 5.54. The van der Waals surface area contributed by atoms with Gasteiger partial charge in [-0.1, -0.05) is 29.8 Å². The van der Waals surface area contributed by atoms with Crippen molar-refractivity contribution in [2.45, 2.75) is 13.0 Å². The minimum atomic E-state index is -0.418. The molecule has 6 nitrogen and oxygen atoms in total. The van der Waals surface area contributed by atoms with Gasteiger partial charge in [0.1, 0.15) is 0 Å². The number of ether oxygens (including phenoxy) is 2. The van der Waals surface area contributed by atoms with Crippen LogP contribution in [0.2, 0.25) is 5.02 Å². The second-order valence-electron chi connectivity index (χ2n) is 7.33. The van der Waals surface area contributed by atoms with E-state index in [1.54, 1.807) is 47.0 Å². The maximum absolute atomic E-state index is 13.5. The molecule has 31 heavy (non-hydrogen) atoms. The lowest BCUT2D eigenvalue weighted by molar-refractivity contribution is 0.297. The average molecular weight is 435 g/mol. The fourth-order valence-electron chi connectivity index (χ4n) is 3.78. The van der Waals surface area contributed by atoms with E-state index in [0.29, 0.717) is 46.3 Å². The first-order valence-electron chi connectivity index (χ1n) is 10.0. The highest BCUT2D eigenvalue weighted by Crippen LogP contribution is 2.30. The summed E-state index contributed by atoms with van der Waals surface area (Å²) < 4.78 is 14.3. The van der Waals surface area contributed by atoms with E-state index in [9.17, 15) is 9.59 Å². The zero-order valence-electron chi connectivity index (χ0n) is 16.6. The first-order chi connectivity index (χ1) is 15.1. The maximum atomic E-state index is 13.5. The van der Waals surface area contributed by atoms with E-state index in [4.69, 9.17) is 21.1 Å². The van der Waals surface area contributed by atoms with Crippen LogP contribution in [0.25, 0.3) is 16.6 Å². The number of benzene rings is 3. The minimum absolute atomic E-state index is 0.282. The predicted molar refractivity (Wildman–Crippen MR) is 120 cm³/mol. The van der Waals surface area contributed by atoms with Gasteiger partial charge in [-0.05, 0) is 54.1 Å². The molecule has 1 aliphatic heterocycles. The molecule has 0 saturated heterocycles. The molecule has 1 aromatic heterocycles. The number of aromatic nitrogens is 2. The van der Waals surface area contributed by atoms with Crippen LogP contribution >= 0.6 is 11.6 Å². The van der Waals surface area contributed by atoms with Gasteiger partial charge in [-0.25, -0.2) is 9.36 Å². The van der Waals surface area contributed by atoms with Crippen LogP contribution in [0.1, 0.15) is 12.0 Å². The minimum Gasteiger partial charge on any atom is -0.490 e. The van der Waals surface area contributed by atoms with Gasteiger partial charge in [0.15, 0.2) is 11.5 Å². The smallest absolute Gasteiger partial charge is 0.336 e. The van der Waals surface area contributed by atoms with E-state index in [2.05, 4.69) is 0 Å². The average Bonchev–Trinajstić information content (AvgIpc) is 3.03. The fraction of sp³-hybridized carbons (Fsp3) is 0.167. The third-order valence-electron chi connectivity index (χ3n) is 5.29. The molecule has 1 aliphatic rings. The highest BCUT2D eigenvalue weighted by Gasteiger charge is 2.16. The van der Waals surface area contributed by atoms with Gasteiger partial charge >= 0.3 is 5.69 Å². The molecular weight excluding hydrogens is 416 g/mol. The van der Waals surface area contributed by atoms with Crippen LogP contribution < -0.4 is 20.7 Å². The summed E-state index contributed by atoms with van der Waals surface area (Å²) >= 11 is 5.99. The molecule has 0 N–H and O–H groups in total. The normalized spacial score (nSPS) is 13.2. The Balaban J connectivity index is 1.68. The lowest BCUT2D eigenvalue weighted by Crippen LogP contribution is -2.39. The Morgan fingerprint density at radius 2 is 1.61 bits per heavy atom. The number of rotatable bonds is 3. The zero-order valence-corrected chi connectivity index (χ0v) is 17.3. The quantitative estimate of drug-likeness (QED) is 0.488. The van der Waals surface area contributed by atoms with Crippen molar-refractivity contribution in [1.82, 2.24) is 9.13 Å². The Hall–Kier alpha value is -3.51. The number of para-hydroxylation sites is 1. The summed E-state index contributed by atoms with van der Waals surface area (Å²) in [4.78, 5) is 26.6. The van der Waals surface area contributed by atoms with Crippen LogP contribution in [0.5, 0.6) is 11.5 Å². The Morgan fingerprint density at radius 1 is 0.871 bits per heavy atom. The third kappa shape index (κ3) is 3.59.